The smallest absolute Gasteiger partial charge is 0.238 e. The minimum Gasteiger partial charge on any atom is -0.497 e. The van der Waals surface area contributed by atoms with Crippen molar-refractivity contribution in [2.24, 2.45) is 5.14 Å². The highest BCUT2D eigenvalue weighted by Crippen LogP contribution is 2.27. The molecule has 0 saturated carbocycles. The van der Waals surface area contributed by atoms with Gasteiger partial charge in [0.2, 0.25) is 10.0 Å². The molecule has 0 bridgehead atoms. The monoisotopic (exact) mass is 394 g/mol. The summed E-state index contributed by atoms with van der Waals surface area (Å²) in [6.07, 6.45) is 0. The van der Waals surface area contributed by atoms with Gasteiger partial charge in [0.15, 0.2) is 5.11 Å². The van der Waals surface area contributed by atoms with Crippen LogP contribution in [0.25, 0.3) is 0 Å². The Morgan fingerprint density at radius 1 is 1.19 bits per heavy atom. The first-order chi connectivity index (χ1) is 12.2. The third-order valence-electron chi connectivity index (χ3n) is 3.64. The summed E-state index contributed by atoms with van der Waals surface area (Å²) in [5.41, 5.74) is 2.36. The number of sulfonamides is 1. The number of hydrogen-bond donors (Lipinski definition) is 3. The van der Waals surface area contributed by atoms with E-state index in [0.29, 0.717) is 17.3 Å². The zero-order chi connectivity index (χ0) is 19.3. The largest absolute Gasteiger partial charge is 0.497 e. The SMILES string of the molecule is COc1ccc(CNC(=S)Nc2cc(S(N)(=O)=O)ccc2N(C)C)cc1. The molecule has 0 spiro atoms. The van der Waals surface area contributed by atoms with E-state index < -0.39 is 10.0 Å². The standard InChI is InChI=1S/C17H22N4O3S2/c1-21(2)16-9-8-14(26(18,22)23)10-15(16)20-17(25)19-11-12-4-6-13(24-3)7-5-12/h4-10H,11H2,1-3H3,(H2,18,22,23)(H2,19,20,25). The van der Waals surface area contributed by atoms with Gasteiger partial charge in [-0.25, -0.2) is 13.6 Å². The Morgan fingerprint density at radius 2 is 1.85 bits per heavy atom. The summed E-state index contributed by atoms with van der Waals surface area (Å²) in [7, 11) is 1.52. The number of ether oxygens (including phenoxy) is 1. The van der Waals surface area contributed by atoms with Gasteiger partial charge in [-0.3, -0.25) is 0 Å². The number of hydrogen-bond acceptors (Lipinski definition) is 5. The molecule has 2 aromatic carbocycles. The van der Waals surface area contributed by atoms with E-state index in [0.717, 1.165) is 17.0 Å². The lowest BCUT2D eigenvalue weighted by atomic mass is 10.2. The van der Waals surface area contributed by atoms with Crippen molar-refractivity contribution in [1.82, 2.24) is 5.32 Å². The number of anilines is 2. The molecule has 7 nitrogen and oxygen atoms in total. The lowest BCUT2D eigenvalue weighted by Crippen LogP contribution is -2.29. The fourth-order valence-electron chi connectivity index (χ4n) is 2.27. The number of primary sulfonamides is 1. The van der Waals surface area contributed by atoms with Crippen molar-refractivity contribution in [3.8, 4) is 5.75 Å². The molecule has 0 atom stereocenters. The summed E-state index contributed by atoms with van der Waals surface area (Å²) < 4.78 is 28.3. The van der Waals surface area contributed by atoms with E-state index in [1.807, 2.05) is 43.3 Å². The highest BCUT2D eigenvalue weighted by Gasteiger charge is 2.13. The third kappa shape index (κ3) is 5.32. The minimum absolute atomic E-state index is 0.0172. The van der Waals surface area contributed by atoms with E-state index in [9.17, 15) is 8.42 Å². The molecule has 9 heteroatoms. The van der Waals surface area contributed by atoms with Crippen LogP contribution < -0.4 is 25.4 Å². The van der Waals surface area contributed by atoms with Gasteiger partial charge < -0.3 is 20.3 Å². The lowest BCUT2D eigenvalue weighted by Gasteiger charge is -2.20. The van der Waals surface area contributed by atoms with Crippen molar-refractivity contribution >= 4 is 38.7 Å². The molecule has 2 rings (SSSR count). The number of benzene rings is 2. The molecule has 0 heterocycles. The van der Waals surface area contributed by atoms with E-state index >= 15 is 0 Å². The van der Waals surface area contributed by atoms with Crippen LogP contribution in [-0.2, 0) is 16.6 Å². The van der Waals surface area contributed by atoms with Crippen LogP contribution in [0.4, 0.5) is 11.4 Å². The molecular weight excluding hydrogens is 372 g/mol. The van der Waals surface area contributed by atoms with Crippen LogP contribution in [0.3, 0.4) is 0 Å². The van der Waals surface area contributed by atoms with Gasteiger partial charge in [-0.05, 0) is 48.1 Å². The van der Waals surface area contributed by atoms with Crippen LogP contribution in [-0.4, -0.2) is 34.7 Å². The van der Waals surface area contributed by atoms with E-state index in [4.69, 9.17) is 22.1 Å². The number of methoxy groups -OCH3 is 1. The maximum atomic E-state index is 11.6. The van der Waals surface area contributed by atoms with E-state index in [2.05, 4.69) is 10.6 Å². The van der Waals surface area contributed by atoms with Gasteiger partial charge in [-0.15, -0.1) is 0 Å². The van der Waals surface area contributed by atoms with Crippen molar-refractivity contribution in [2.45, 2.75) is 11.4 Å². The average Bonchev–Trinajstić information content (AvgIpc) is 2.59. The Morgan fingerprint density at radius 3 is 2.38 bits per heavy atom. The van der Waals surface area contributed by atoms with Crippen LogP contribution in [0, 0.1) is 0 Å². The van der Waals surface area contributed by atoms with E-state index in [1.54, 1.807) is 13.2 Å². The molecule has 140 valence electrons. The molecule has 0 aliphatic heterocycles. The van der Waals surface area contributed by atoms with Gasteiger partial charge in [0.05, 0.1) is 23.4 Å². The zero-order valence-electron chi connectivity index (χ0n) is 14.8. The first-order valence-corrected chi connectivity index (χ1v) is 9.68. The average molecular weight is 395 g/mol. The normalized spacial score (nSPS) is 10.9. The van der Waals surface area contributed by atoms with Crippen molar-refractivity contribution in [2.75, 3.05) is 31.4 Å². The number of nitrogens with one attached hydrogen (secondary N) is 2. The maximum Gasteiger partial charge on any atom is 0.238 e. The molecular formula is C17H22N4O3S2. The molecule has 26 heavy (non-hydrogen) atoms. The molecule has 0 amide bonds. The van der Waals surface area contributed by atoms with Crippen LogP contribution in [0.15, 0.2) is 47.4 Å². The van der Waals surface area contributed by atoms with Crippen molar-refractivity contribution in [1.29, 1.82) is 0 Å². The van der Waals surface area contributed by atoms with Crippen molar-refractivity contribution in [3.05, 3.63) is 48.0 Å². The van der Waals surface area contributed by atoms with E-state index in [1.165, 1.54) is 12.1 Å². The molecule has 0 saturated heterocycles. The summed E-state index contributed by atoms with van der Waals surface area (Å²) in [6, 6.07) is 12.2. The first kappa shape index (κ1) is 20.0. The Kier molecular flexibility index (Phi) is 6.41. The van der Waals surface area contributed by atoms with Crippen LogP contribution in [0.2, 0.25) is 0 Å². The van der Waals surface area contributed by atoms with Gasteiger partial charge in [-0.2, -0.15) is 0 Å². The zero-order valence-corrected chi connectivity index (χ0v) is 16.4. The number of thiocarbonyl (C=S) groups is 1. The molecule has 0 fully saturated rings. The quantitative estimate of drug-likeness (QED) is 0.644. The predicted molar refractivity (Wildman–Crippen MR) is 108 cm³/mol. The van der Waals surface area contributed by atoms with Gasteiger partial charge in [-0.1, -0.05) is 12.1 Å². The number of nitrogens with two attached hydrogens (primary N) is 1. The molecule has 0 aliphatic rings. The Hall–Kier alpha value is -2.36. The van der Waals surface area contributed by atoms with Crippen molar-refractivity contribution in [3.63, 3.8) is 0 Å². The molecule has 0 aliphatic carbocycles. The first-order valence-electron chi connectivity index (χ1n) is 7.72. The molecule has 0 aromatic heterocycles. The van der Waals surface area contributed by atoms with Gasteiger partial charge in [0.1, 0.15) is 5.75 Å². The summed E-state index contributed by atoms with van der Waals surface area (Å²) in [5, 5.41) is 11.7. The van der Waals surface area contributed by atoms with Crippen LogP contribution in [0.5, 0.6) is 5.75 Å². The maximum absolute atomic E-state index is 11.6. The lowest BCUT2D eigenvalue weighted by molar-refractivity contribution is 0.414. The summed E-state index contributed by atoms with van der Waals surface area (Å²) in [4.78, 5) is 1.87. The minimum atomic E-state index is -3.80. The van der Waals surface area contributed by atoms with Gasteiger partial charge in [0, 0.05) is 20.6 Å². The van der Waals surface area contributed by atoms with Crippen molar-refractivity contribution < 1.29 is 13.2 Å². The summed E-state index contributed by atoms with van der Waals surface area (Å²) in [5.74, 6) is 0.782. The Bertz CT molecular complexity index is 881. The van der Waals surface area contributed by atoms with Crippen LogP contribution >= 0.6 is 12.2 Å². The van der Waals surface area contributed by atoms with Gasteiger partial charge in [0.25, 0.3) is 0 Å². The number of rotatable bonds is 6. The second kappa shape index (κ2) is 8.35. The third-order valence-corrected chi connectivity index (χ3v) is 4.80. The fourth-order valence-corrected chi connectivity index (χ4v) is 3.00. The summed E-state index contributed by atoms with van der Waals surface area (Å²) in [6.45, 7) is 0.516. The molecule has 0 radical (unpaired) electrons. The molecule has 4 N–H and O–H groups in total. The second-order valence-electron chi connectivity index (χ2n) is 5.77. The number of nitrogens with zero attached hydrogens (tertiary/aromatic N) is 1. The highest BCUT2D eigenvalue weighted by atomic mass is 32.2. The fraction of sp³-hybridized carbons (Fsp3) is 0.235. The summed E-state index contributed by atoms with van der Waals surface area (Å²) >= 11 is 5.32. The second-order valence-corrected chi connectivity index (χ2v) is 7.74. The van der Waals surface area contributed by atoms with Gasteiger partial charge >= 0.3 is 0 Å². The Labute approximate surface area is 159 Å². The topological polar surface area (TPSA) is 96.7 Å². The predicted octanol–water partition coefficient (Wildman–Crippen LogP) is 1.90. The molecule has 2 aromatic rings. The molecule has 0 unspecified atom stereocenters. The highest BCUT2D eigenvalue weighted by molar-refractivity contribution is 7.89. The van der Waals surface area contributed by atoms with Crippen LogP contribution in [0.1, 0.15) is 5.56 Å². The Balaban J connectivity index is 2.11. The van der Waals surface area contributed by atoms with E-state index in [-0.39, 0.29) is 4.90 Å².